The molecular weight excluding hydrogens is 481 g/mol. The zero-order valence-corrected chi connectivity index (χ0v) is 18.5. The summed E-state index contributed by atoms with van der Waals surface area (Å²) in [6, 6.07) is 3.54. The van der Waals surface area contributed by atoms with Gasteiger partial charge in [0.15, 0.2) is 5.96 Å². The third-order valence-electron chi connectivity index (χ3n) is 5.11. The Morgan fingerprint density at radius 2 is 1.89 bits per heavy atom. The smallest absolute Gasteiger partial charge is 0.194 e. The minimum absolute atomic E-state index is 0. The lowest BCUT2D eigenvalue weighted by molar-refractivity contribution is -0.0566. The number of nitrogens with zero attached hydrogens (tertiary/aromatic N) is 3. The standard InChI is InChI=1S/C19H28F2N4O2.HI/c1-2-22-18(23-14-19(26)5-11-27-12-6-19)25-9-7-24(8-10-25)17-13-15(20)3-4-16(17)21;/h3-4,13,26H,2,5-12,14H2,1H3,(H,22,23);1H. The summed E-state index contributed by atoms with van der Waals surface area (Å²) in [6.45, 7) is 6.59. The normalized spacial score (nSPS) is 19.9. The van der Waals surface area contributed by atoms with E-state index in [1.165, 1.54) is 6.07 Å². The van der Waals surface area contributed by atoms with E-state index in [1.54, 1.807) is 0 Å². The molecule has 0 bridgehead atoms. The fraction of sp³-hybridized carbons (Fsp3) is 0.632. The van der Waals surface area contributed by atoms with E-state index < -0.39 is 17.2 Å². The summed E-state index contributed by atoms with van der Waals surface area (Å²) in [4.78, 5) is 8.58. The number of guanidine groups is 1. The van der Waals surface area contributed by atoms with E-state index in [9.17, 15) is 13.9 Å². The Morgan fingerprint density at radius 3 is 2.54 bits per heavy atom. The molecule has 0 aliphatic carbocycles. The number of rotatable bonds is 4. The summed E-state index contributed by atoms with van der Waals surface area (Å²) in [5, 5.41) is 13.9. The van der Waals surface area contributed by atoms with Crippen molar-refractivity contribution >= 4 is 35.6 Å². The average molecular weight is 510 g/mol. The highest BCUT2D eigenvalue weighted by atomic mass is 127. The molecular formula is C19H29F2IN4O2. The van der Waals surface area contributed by atoms with Gasteiger partial charge in [-0.15, -0.1) is 24.0 Å². The molecule has 2 N–H and O–H groups in total. The Kier molecular flexibility index (Phi) is 8.69. The number of aliphatic imine (C=N–C) groups is 1. The van der Waals surface area contributed by atoms with E-state index in [-0.39, 0.29) is 24.0 Å². The lowest BCUT2D eigenvalue weighted by Gasteiger charge is -2.38. The molecule has 1 aromatic carbocycles. The number of hydrogen-bond donors (Lipinski definition) is 2. The lowest BCUT2D eigenvalue weighted by atomic mass is 9.95. The molecule has 2 aliphatic rings. The first-order chi connectivity index (χ1) is 13.0. The summed E-state index contributed by atoms with van der Waals surface area (Å²) < 4.78 is 32.8. The van der Waals surface area contributed by atoms with Gasteiger partial charge in [0.2, 0.25) is 0 Å². The van der Waals surface area contributed by atoms with Crippen molar-refractivity contribution in [3.8, 4) is 0 Å². The largest absolute Gasteiger partial charge is 0.388 e. The predicted molar refractivity (Wildman–Crippen MR) is 117 cm³/mol. The summed E-state index contributed by atoms with van der Waals surface area (Å²) in [5.74, 6) is -0.0996. The molecule has 9 heteroatoms. The van der Waals surface area contributed by atoms with Gasteiger partial charge in [0.05, 0.1) is 17.8 Å². The van der Waals surface area contributed by atoms with Crippen molar-refractivity contribution in [1.82, 2.24) is 10.2 Å². The van der Waals surface area contributed by atoms with Gasteiger partial charge in [-0.05, 0) is 19.1 Å². The van der Waals surface area contributed by atoms with Crippen LogP contribution in [0.2, 0.25) is 0 Å². The molecule has 2 aliphatic heterocycles. The van der Waals surface area contributed by atoms with Crippen LogP contribution in [0.15, 0.2) is 23.2 Å². The summed E-state index contributed by atoms with van der Waals surface area (Å²) in [5.41, 5.74) is -0.515. The quantitative estimate of drug-likeness (QED) is 0.370. The van der Waals surface area contributed by atoms with E-state index in [1.807, 2.05) is 11.8 Å². The maximum absolute atomic E-state index is 14.0. The van der Waals surface area contributed by atoms with E-state index in [0.717, 1.165) is 24.6 Å². The highest BCUT2D eigenvalue weighted by molar-refractivity contribution is 14.0. The number of hydrogen-bond acceptors (Lipinski definition) is 4. The second-order valence-electron chi connectivity index (χ2n) is 7.08. The molecule has 1 aromatic rings. The third-order valence-corrected chi connectivity index (χ3v) is 5.11. The van der Waals surface area contributed by atoms with Gasteiger partial charge in [0.1, 0.15) is 11.6 Å². The number of halogens is 3. The van der Waals surface area contributed by atoms with Crippen molar-refractivity contribution in [3.63, 3.8) is 0 Å². The van der Waals surface area contributed by atoms with Gasteiger partial charge in [0, 0.05) is 64.8 Å². The zero-order chi connectivity index (χ0) is 19.3. The first kappa shape index (κ1) is 23.1. The number of ether oxygens (including phenoxy) is 1. The van der Waals surface area contributed by atoms with Crippen molar-refractivity contribution in [2.24, 2.45) is 4.99 Å². The van der Waals surface area contributed by atoms with Crippen molar-refractivity contribution in [3.05, 3.63) is 29.8 Å². The molecule has 6 nitrogen and oxygen atoms in total. The highest BCUT2D eigenvalue weighted by Gasteiger charge is 2.30. The molecule has 2 saturated heterocycles. The topological polar surface area (TPSA) is 60.3 Å². The van der Waals surface area contributed by atoms with Crippen LogP contribution in [0.25, 0.3) is 0 Å². The van der Waals surface area contributed by atoms with Crippen LogP contribution >= 0.6 is 24.0 Å². The number of nitrogens with one attached hydrogen (secondary N) is 1. The Labute approximate surface area is 182 Å². The second kappa shape index (κ2) is 10.5. The average Bonchev–Trinajstić information content (AvgIpc) is 2.68. The number of aliphatic hydroxyl groups is 1. The first-order valence-electron chi connectivity index (χ1n) is 9.54. The van der Waals surface area contributed by atoms with Crippen molar-refractivity contribution in [1.29, 1.82) is 0 Å². The Bertz CT molecular complexity index is 663. The minimum Gasteiger partial charge on any atom is -0.388 e. The van der Waals surface area contributed by atoms with Crippen LogP contribution in [0.3, 0.4) is 0 Å². The van der Waals surface area contributed by atoms with Gasteiger partial charge in [-0.1, -0.05) is 0 Å². The van der Waals surface area contributed by atoms with Crippen LogP contribution in [0.4, 0.5) is 14.5 Å². The van der Waals surface area contributed by atoms with Crippen LogP contribution in [0.5, 0.6) is 0 Å². The molecule has 0 atom stereocenters. The summed E-state index contributed by atoms with van der Waals surface area (Å²) in [7, 11) is 0. The number of anilines is 1. The second-order valence-corrected chi connectivity index (χ2v) is 7.08. The Hall–Kier alpha value is -1.20. The molecule has 0 amide bonds. The molecule has 0 unspecified atom stereocenters. The molecule has 158 valence electrons. The fourth-order valence-corrected chi connectivity index (χ4v) is 3.44. The van der Waals surface area contributed by atoms with Crippen LogP contribution in [-0.4, -0.2) is 74.0 Å². The van der Waals surface area contributed by atoms with E-state index in [2.05, 4.69) is 15.2 Å². The van der Waals surface area contributed by atoms with Gasteiger partial charge in [-0.2, -0.15) is 0 Å². The summed E-state index contributed by atoms with van der Waals surface area (Å²) in [6.07, 6.45) is 1.17. The predicted octanol–water partition coefficient (Wildman–Crippen LogP) is 2.21. The monoisotopic (exact) mass is 510 g/mol. The van der Waals surface area contributed by atoms with Crippen LogP contribution in [0, 0.1) is 11.6 Å². The zero-order valence-electron chi connectivity index (χ0n) is 16.2. The van der Waals surface area contributed by atoms with Crippen molar-refractivity contribution in [2.75, 3.05) is 57.4 Å². The lowest BCUT2D eigenvalue weighted by Crippen LogP contribution is -2.53. The maximum atomic E-state index is 14.0. The fourth-order valence-electron chi connectivity index (χ4n) is 3.44. The molecule has 28 heavy (non-hydrogen) atoms. The molecule has 0 spiro atoms. The van der Waals surface area contributed by atoms with E-state index >= 15 is 0 Å². The molecule has 0 saturated carbocycles. The molecule has 2 heterocycles. The highest BCUT2D eigenvalue weighted by Crippen LogP contribution is 2.23. The van der Waals surface area contributed by atoms with Crippen molar-refractivity contribution < 1.29 is 18.6 Å². The van der Waals surface area contributed by atoms with Crippen LogP contribution in [-0.2, 0) is 4.74 Å². The van der Waals surface area contributed by atoms with E-state index in [0.29, 0.717) is 64.5 Å². The SMILES string of the molecule is CCNC(=NCC1(O)CCOCC1)N1CCN(c2cc(F)ccc2F)CC1.I. The van der Waals surface area contributed by atoms with Gasteiger partial charge in [-0.25, -0.2) is 8.78 Å². The van der Waals surface area contributed by atoms with Crippen LogP contribution in [0.1, 0.15) is 19.8 Å². The molecule has 3 rings (SSSR count). The van der Waals surface area contributed by atoms with Crippen LogP contribution < -0.4 is 10.2 Å². The van der Waals surface area contributed by atoms with Crippen molar-refractivity contribution in [2.45, 2.75) is 25.4 Å². The molecule has 2 fully saturated rings. The van der Waals surface area contributed by atoms with Gasteiger partial charge >= 0.3 is 0 Å². The van der Waals surface area contributed by atoms with Gasteiger partial charge in [0.25, 0.3) is 0 Å². The van der Waals surface area contributed by atoms with E-state index in [4.69, 9.17) is 4.74 Å². The minimum atomic E-state index is -0.814. The summed E-state index contributed by atoms with van der Waals surface area (Å²) >= 11 is 0. The Balaban J connectivity index is 0.00000280. The first-order valence-corrected chi connectivity index (χ1v) is 9.54. The number of piperazine rings is 1. The molecule has 0 radical (unpaired) electrons. The maximum Gasteiger partial charge on any atom is 0.194 e. The molecule has 0 aromatic heterocycles. The third kappa shape index (κ3) is 5.90. The number of benzene rings is 1. The van der Waals surface area contributed by atoms with Gasteiger partial charge in [-0.3, -0.25) is 4.99 Å². The van der Waals surface area contributed by atoms with Gasteiger partial charge < -0.3 is 25.0 Å². The Morgan fingerprint density at radius 1 is 1.21 bits per heavy atom.